The topological polar surface area (TPSA) is 162 Å². The fourth-order valence-corrected chi connectivity index (χ4v) is 9.15. The highest BCUT2D eigenvalue weighted by atomic mass is 35.5. The van der Waals surface area contributed by atoms with E-state index in [4.69, 9.17) is 35.3 Å². The lowest BCUT2D eigenvalue weighted by Crippen LogP contribution is -2.23. The van der Waals surface area contributed by atoms with Gasteiger partial charge in [0.2, 0.25) is 0 Å². The van der Waals surface area contributed by atoms with Crippen molar-refractivity contribution in [1.29, 1.82) is 0 Å². The van der Waals surface area contributed by atoms with Crippen LogP contribution >= 0.6 is 11.6 Å². The zero-order chi connectivity index (χ0) is 49.6. The highest BCUT2D eigenvalue weighted by Gasteiger charge is 2.25. The number of hydrogen-bond donors (Lipinski definition) is 3. The first-order valence-electron chi connectivity index (χ1n) is 23.0. The van der Waals surface area contributed by atoms with E-state index in [2.05, 4.69) is 25.0 Å². The molecule has 1 amide bonds. The molecule has 14 heteroatoms. The van der Waals surface area contributed by atoms with Crippen LogP contribution in [0.5, 0.6) is 17.2 Å². The van der Waals surface area contributed by atoms with Crippen molar-refractivity contribution in [2.24, 2.45) is 0 Å². The Hall–Kier alpha value is -7.97. The molecule has 0 radical (unpaired) electrons. The van der Waals surface area contributed by atoms with Gasteiger partial charge < -0.3 is 34.2 Å². The Kier molecular flexibility index (Phi) is 14.2. The minimum atomic E-state index is -1.34. The highest BCUT2D eigenvalue weighted by Crippen LogP contribution is 2.44. The van der Waals surface area contributed by atoms with Crippen molar-refractivity contribution in [1.82, 2.24) is 15.1 Å². The lowest BCUT2D eigenvalue weighted by Gasteiger charge is -2.17. The molecule has 0 atom stereocenters. The number of phenolic OH excluding ortho intramolecular Hbond substituents is 1. The molecule has 12 nitrogen and oxygen atoms in total. The largest absolute Gasteiger partial charge is 0.508 e. The van der Waals surface area contributed by atoms with E-state index in [1.54, 1.807) is 28.9 Å². The predicted octanol–water partition coefficient (Wildman–Crippen LogP) is 12.6. The number of hydrogen-bond acceptors (Lipinski definition) is 9. The number of rotatable bonds is 18. The molecule has 0 saturated heterocycles. The van der Waals surface area contributed by atoms with Gasteiger partial charge in [0.25, 0.3) is 5.91 Å². The van der Waals surface area contributed by atoms with Crippen LogP contribution < -0.4 is 20.2 Å². The van der Waals surface area contributed by atoms with E-state index < -0.39 is 20.0 Å². The summed E-state index contributed by atoms with van der Waals surface area (Å²) < 4.78 is 26.7. The quantitative estimate of drug-likeness (QED) is 0.0428. The van der Waals surface area contributed by atoms with Crippen molar-refractivity contribution < 1.29 is 38.4 Å². The average Bonchev–Trinajstić information content (AvgIpc) is 3.79. The number of aromatic carboxylic acids is 1. The van der Waals surface area contributed by atoms with Crippen molar-refractivity contribution in [2.45, 2.75) is 52.2 Å². The second-order valence-corrected chi connectivity index (χ2v) is 24.4. The van der Waals surface area contributed by atoms with Crippen LogP contribution in [0.25, 0.3) is 55.8 Å². The molecule has 0 fully saturated rings. The monoisotopic (exact) mass is 983 g/mol. The van der Waals surface area contributed by atoms with E-state index in [-0.39, 0.29) is 46.9 Å². The summed E-state index contributed by atoms with van der Waals surface area (Å²) in [4.78, 5) is 38.8. The van der Waals surface area contributed by atoms with Crippen molar-refractivity contribution in [2.75, 3.05) is 6.61 Å². The minimum absolute atomic E-state index is 0.0596. The molecule has 2 heterocycles. The van der Waals surface area contributed by atoms with Gasteiger partial charge in [0.1, 0.15) is 54.2 Å². The zero-order valence-corrected chi connectivity index (χ0v) is 41.0. The van der Waals surface area contributed by atoms with Crippen LogP contribution in [-0.4, -0.2) is 46.6 Å². The number of phenols is 1. The molecule has 0 bridgehead atoms. The Labute approximate surface area is 416 Å². The van der Waals surface area contributed by atoms with Gasteiger partial charge in [0.05, 0.1) is 10.6 Å². The third kappa shape index (κ3) is 11.4. The number of ether oxygens (including phenoxy) is 3. The third-order valence-electron chi connectivity index (χ3n) is 11.9. The number of carbonyl (C=O) groups excluding carboxylic acids is 1. The minimum Gasteiger partial charge on any atom is -0.508 e. The summed E-state index contributed by atoms with van der Waals surface area (Å²) in [5.41, 5.74) is 6.97. The number of nitrogens with one attached hydrogen (secondary N) is 1. The second-order valence-electron chi connectivity index (χ2n) is 18.4. The Morgan fingerprint density at radius 1 is 0.732 bits per heavy atom. The first-order chi connectivity index (χ1) is 34.3. The normalized spacial score (nSPS) is 11.5. The van der Waals surface area contributed by atoms with E-state index in [0.717, 1.165) is 33.9 Å². The number of amides is 1. The maximum absolute atomic E-state index is 13.7. The molecule has 7 aromatic rings. The SMILES string of the molecule is C[Si](C)(C)CCOCn1cc(-c2ccc(CNC(=O)c3ccc(-c4c5ccc(=O)cc-5oc5cc(O)ccc45)c(C(=O)O)c3)cc2)c(-c2cc(Cl)c(OCc3ccccc3)cc2OCc2ccccc2)n1. The molecular weight excluding hydrogens is 934 g/mol. The van der Waals surface area contributed by atoms with Crippen LogP contribution in [-0.2, 0) is 31.2 Å². The van der Waals surface area contributed by atoms with Crippen LogP contribution in [0.2, 0.25) is 30.7 Å². The lowest BCUT2D eigenvalue weighted by molar-refractivity contribution is 0.0697. The van der Waals surface area contributed by atoms with Crippen molar-refractivity contribution in [3.63, 3.8) is 0 Å². The molecule has 71 heavy (non-hydrogen) atoms. The van der Waals surface area contributed by atoms with Crippen molar-refractivity contribution in [3.05, 3.63) is 201 Å². The summed E-state index contributed by atoms with van der Waals surface area (Å²) in [5, 5.41) is 29.6. The number of carboxylic acids is 1. The standard InChI is InChI=1S/C57H50ClN3O9Si/c1-71(2,3)25-24-67-35-61-32-48(55(60-61)47-29-49(58)53(69-34-38-12-8-5-9-13-38)30-50(47)68-33-37-10-6-4-7-11-37)39-16-14-36(15-17-39)31-59-56(64)40-18-21-43(46(26-40)57(65)66)54-44-22-19-41(62)27-51(44)70-52-28-42(63)20-23-45(52)54/h4-23,26-30,32,62H,24-25,31,33-35H2,1-3H3,(H,59,64)(H,65,66). The molecule has 0 spiro atoms. The molecule has 358 valence electrons. The van der Waals surface area contributed by atoms with Gasteiger partial charge in [-0.15, -0.1) is 0 Å². The van der Waals surface area contributed by atoms with E-state index >= 15 is 0 Å². The summed E-state index contributed by atoms with van der Waals surface area (Å²) in [6.45, 7) is 8.53. The molecule has 0 unspecified atom stereocenters. The molecule has 6 aromatic carbocycles. The number of carboxylic acid groups (broad SMARTS) is 1. The fraction of sp³-hybridized carbons (Fsp3) is 0.158. The maximum Gasteiger partial charge on any atom is 0.336 e. The molecule has 1 aliphatic heterocycles. The number of fused-ring (bicyclic) bond motifs is 2. The van der Waals surface area contributed by atoms with Crippen molar-refractivity contribution in [3.8, 4) is 62.1 Å². The number of halogens is 1. The fourth-order valence-electron chi connectivity index (χ4n) is 8.17. The Bertz CT molecular complexity index is 3410. The molecule has 0 saturated carbocycles. The highest BCUT2D eigenvalue weighted by molar-refractivity contribution is 6.76. The summed E-state index contributed by atoms with van der Waals surface area (Å²) in [6, 6.07) is 45.3. The predicted molar refractivity (Wildman–Crippen MR) is 278 cm³/mol. The zero-order valence-electron chi connectivity index (χ0n) is 39.3. The first-order valence-corrected chi connectivity index (χ1v) is 27.1. The third-order valence-corrected chi connectivity index (χ3v) is 13.9. The number of nitrogens with zero attached hydrogens (tertiary/aromatic N) is 2. The van der Waals surface area contributed by atoms with Gasteiger partial charge in [-0.2, -0.15) is 5.10 Å². The van der Waals surface area contributed by atoms with E-state index in [0.29, 0.717) is 69.7 Å². The van der Waals surface area contributed by atoms with Gasteiger partial charge in [-0.05, 0) is 76.3 Å². The molecule has 9 rings (SSSR count). The summed E-state index contributed by atoms with van der Waals surface area (Å²) in [5.74, 6) is -0.563. The van der Waals surface area contributed by atoms with E-state index in [9.17, 15) is 24.6 Å². The van der Waals surface area contributed by atoms with Gasteiger partial charge in [-0.1, -0.05) is 122 Å². The van der Waals surface area contributed by atoms with Gasteiger partial charge in [0.15, 0.2) is 5.43 Å². The first kappa shape index (κ1) is 48.1. The molecule has 3 N–H and O–H groups in total. The summed E-state index contributed by atoms with van der Waals surface area (Å²) in [6.07, 6.45) is 1.94. The second kappa shape index (κ2) is 20.9. The number of aromatic nitrogens is 2. The number of aromatic hydroxyl groups is 1. The van der Waals surface area contributed by atoms with Gasteiger partial charge in [-0.3, -0.25) is 9.59 Å². The Morgan fingerprint density at radius 2 is 1.42 bits per heavy atom. The van der Waals surface area contributed by atoms with Crippen LogP contribution in [0, 0.1) is 0 Å². The Morgan fingerprint density at radius 3 is 2.11 bits per heavy atom. The van der Waals surface area contributed by atoms with Crippen LogP contribution in [0.15, 0.2) is 167 Å². The van der Waals surface area contributed by atoms with Crippen LogP contribution in [0.1, 0.15) is 37.4 Å². The van der Waals surface area contributed by atoms with E-state index in [1.807, 2.05) is 103 Å². The number of benzene rings is 7. The maximum atomic E-state index is 13.7. The van der Waals surface area contributed by atoms with Gasteiger partial charge in [0, 0.05) is 78.8 Å². The number of carbonyl (C=O) groups is 2. The average molecular weight is 985 g/mol. The molecular formula is C57H50ClN3O9Si. The van der Waals surface area contributed by atoms with Gasteiger partial charge >= 0.3 is 5.97 Å². The summed E-state index contributed by atoms with van der Waals surface area (Å²) >= 11 is 7.00. The molecule has 2 aliphatic rings. The van der Waals surface area contributed by atoms with Crippen molar-refractivity contribution >= 4 is 42.5 Å². The van der Waals surface area contributed by atoms with Crippen LogP contribution in [0.4, 0.5) is 0 Å². The summed E-state index contributed by atoms with van der Waals surface area (Å²) in [7, 11) is -1.34. The molecule has 1 aliphatic carbocycles. The molecule has 1 aromatic heterocycles. The lowest BCUT2D eigenvalue weighted by atomic mass is 9.90. The van der Waals surface area contributed by atoms with Crippen LogP contribution in [0.3, 0.4) is 0 Å². The van der Waals surface area contributed by atoms with Gasteiger partial charge in [-0.25, -0.2) is 9.48 Å². The van der Waals surface area contributed by atoms with E-state index in [1.165, 1.54) is 30.3 Å². The smallest absolute Gasteiger partial charge is 0.336 e. The Balaban J connectivity index is 0.992.